The Balaban J connectivity index is 2.73. The van der Waals surface area contributed by atoms with Crippen LogP contribution in [0.15, 0.2) is 24.3 Å². The van der Waals surface area contributed by atoms with Gasteiger partial charge >= 0.3 is 11.8 Å². The van der Waals surface area contributed by atoms with Crippen LogP contribution in [0, 0.1) is 0 Å². The first-order valence-electron chi connectivity index (χ1n) is 7.12. The number of unbranched alkanes of at least 4 members (excludes halogenated alkanes) is 1. The Morgan fingerprint density at radius 3 is 2.50 bits per heavy atom. The van der Waals surface area contributed by atoms with Gasteiger partial charge in [-0.1, -0.05) is 45.4 Å². The molecule has 0 spiro atoms. The van der Waals surface area contributed by atoms with Crippen LogP contribution in [0.5, 0.6) is 0 Å². The number of hydrogen-bond donors (Lipinski definition) is 1. The van der Waals surface area contributed by atoms with Crippen molar-refractivity contribution in [2.45, 2.75) is 39.5 Å². The van der Waals surface area contributed by atoms with Gasteiger partial charge in [0.2, 0.25) is 0 Å². The van der Waals surface area contributed by atoms with Crippen LogP contribution in [0.4, 0.5) is 5.69 Å². The molecule has 110 valence electrons. The van der Waals surface area contributed by atoms with Crippen molar-refractivity contribution in [1.82, 2.24) is 4.90 Å². The molecule has 0 fully saturated rings. The number of rotatable bonds is 5. The van der Waals surface area contributed by atoms with Crippen LogP contribution < -0.4 is 5.32 Å². The average Bonchev–Trinajstić information content (AvgIpc) is 2.44. The molecule has 0 aliphatic rings. The molecule has 1 aromatic rings. The summed E-state index contributed by atoms with van der Waals surface area (Å²) in [6, 6.07) is 7.57. The topological polar surface area (TPSA) is 49.4 Å². The quantitative estimate of drug-likeness (QED) is 0.840. The number of likely N-dealkylation sites (N-methyl/N-ethyl adjacent to an activating group) is 1. The van der Waals surface area contributed by atoms with Crippen molar-refractivity contribution in [2.75, 3.05) is 18.9 Å². The lowest BCUT2D eigenvalue weighted by Gasteiger charge is -2.17. The Labute approximate surface area is 121 Å². The molecule has 1 aromatic carbocycles. The summed E-state index contributed by atoms with van der Waals surface area (Å²) in [5, 5.41) is 2.72. The van der Waals surface area contributed by atoms with E-state index in [0.29, 0.717) is 18.2 Å². The van der Waals surface area contributed by atoms with Crippen molar-refractivity contribution in [3.05, 3.63) is 29.8 Å². The number of benzene rings is 1. The Bertz CT molecular complexity index is 469. The second-order valence-electron chi connectivity index (χ2n) is 5.28. The number of anilines is 1. The van der Waals surface area contributed by atoms with E-state index in [9.17, 15) is 9.59 Å². The van der Waals surface area contributed by atoms with Gasteiger partial charge in [-0.2, -0.15) is 0 Å². The summed E-state index contributed by atoms with van der Waals surface area (Å²) in [4.78, 5) is 25.4. The minimum atomic E-state index is -0.572. The lowest BCUT2D eigenvalue weighted by molar-refractivity contribution is -0.142. The Kier molecular flexibility index (Phi) is 6.22. The Morgan fingerprint density at radius 1 is 1.25 bits per heavy atom. The summed E-state index contributed by atoms with van der Waals surface area (Å²) >= 11 is 0. The maximum Gasteiger partial charge on any atom is 0.313 e. The van der Waals surface area contributed by atoms with Crippen LogP contribution in [0.1, 0.15) is 45.1 Å². The van der Waals surface area contributed by atoms with Crippen molar-refractivity contribution in [3.63, 3.8) is 0 Å². The smallest absolute Gasteiger partial charge is 0.313 e. The van der Waals surface area contributed by atoms with E-state index < -0.39 is 11.8 Å². The lowest BCUT2D eigenvalue weighted by atomic mass is 10.0. The SMILES string of the molecule is CCCCN(C)C(=O)C(=O)Nc1ccccc1C(C)C. The number of carbonyl (C=O) groups excluding carboxylic acids is 2. The molecule has 0 aliphatic carbocycles. The van der Waals surface area contributed by atoms with E-state index in [-0.39, 0.29) is 0 Å². The van der Waals surface area contributed by atoms with Crippen LogP contribution in [-0.4, -0.2) is 30.3 Å². The number of para-hydroxylation sites is 1. The van der Waals surface area contributed by atoms with E-state index in [4.69, 9.17) is 0 Å². The minimum Gasteiger partial charge on any atom is -0.338 e. The summed E-state index contributed by atoms with van der Waals surface area (Å²) in [7, 11) is 1.66. The number of hydrogen-bond acceptors (Lipinski definition) is 2. The van der Waals surface area contributed by atoms with Crippen LogP contribution in [0.2, 0.25) is 0 Å². The maximum absolute atomic E-state index is 12.0. The van der Waals surface area contributed by atoms with Gasteiger partial charge < -0.3 is 10.2 Å². The second-order valence-corrected chi connectivity index (χ2v) is 5.28. The fourth-order valence-corrected chi connectivity index (χ4v) is 1.96. The van der Waals surface area contributed by atoms with Crippen molar-refractivity contribution < 1.29 is 9.59 Å². The lowest BCUT2D eigenvalue weighted by Crippen LogP contribution is -2.37. The molecule has 0 heterocycles. The fourth-order valence-electron chi connectivity index (χ4n) is 1.96. The van der Waals surface area contributed by atoms with Gasteiger partial charge in [-0.15, -0.1) is 0 Å². The highest BCUT2D eigenvalue weighted by atomic mass is 16.2. The van der Waals surface area contributed by atoms with Crippen molar-refractivity contribution >= 4 is 17.5 Å². The van der Waals surface area contributed by atoms with Gasteiger partial charge in [0.1, 0.15) is 0 Å². The molecule has 1 rings (SSSR count). The van der Waals surface area contributed by atoms with Crippen molar-refractivity contribution in [3.8, 4) is 0 Å². The van der Waals surface area contributed by atoms with Gasteiger partial charge in [-0.3, -0.25) is 9.59 Å². The first-order valence-corrected chi connectivity index (χ1v) is 7.12. The monoisotopic (exact) mass is 276 g/mol. The van der Waals surface area contributed by atoms with E-state index in [1.54, 1.807) is 7.05 Å². The molecule has 0 aliphatic heterocycles. The second kappa shape index (κ2) is 7.68. The molecule has 0 saturated heterocycles. The molecule has 1 N–H and O–H groups in total. The predicted molar refractivity (Wildman–Crippen MR) is 81.7 cm³/mol. The first kappa shape index (κ1) is 16.2. The first-order chi connectivity index (χ1) is 9.47. The molecule has 20 heavy (non-hydrogen) atoms. The maximum atomic E-state index is 12.0. The highest BCUT2D eigenvalue weighted by Crippen LogP contribution is 2.23. The summed E-state index contributed by atoms with van der Waals surface area (Å²) in [5.41, 5.74) is 1.75. The molecule has 4 heteroatoms. The highest BCUT2D eigenvalue weighted by Gasteiger charge is 2.19. The average molecular weight is 276 g/mol. The molecule has 0 unspecified atom stereocenters. The largest absolute Gasteiger partial charge is 0.338 e. The van der Waals surface area contributed by atoms with E-state index in [0.717, 1.165) is 18.4 Å². The van der Waals surface area contributed by atoms with E-state index >= 15 is 0 Å². The van der Waals surface area contributed by atoms with Gasteiger partial charge in [-0.25, -0.2) is 0 Å². The predicted octanol–water partition coefficient (Wildman–Crippen LogP) is 3.01. The summed E-state index contributed by atoms with van der Waals surface area (Å²) in [5.74, 6) is -0.770. The van der Waals surface area contributed by atoms with Crippen LogP contribution in [0.3, 0.4) is 0 Å². The van der Waals surface area contributed by atoms with Gasteiger partial charge in [0, 0.05) is 19.3 Å². The summed E-state index contributed by atoms with van der Waals surface area (Å²) < 4.78 is 0. The van der Waals surface area contributed by atoms with Gasteiger partial charge in [-0.05, 0) is 24.0 Å². The molecule has 4 nitrogen and oxygen atoms in total. The number of nitrogens with one attached hydrogen (secondary N) is 1. The number of nitrogens with zero attached hydrogens (tertiary/aromatic N) is 1. The van der Waals surface area contributed by atoms with Crippen LogP contribution >= 0.6 is 0 Å². The zero-order valence-corrected chi connectivity index (χ0v) is 12.8. The molecule has 0 bridgehead atoms. The molecular weight excluding hydrogens is 252 g/mol. The standard InChI is InChI=1S/C16H24N2O2/c1-5-6-11-18(4)16(20)15(19)17-14-10-8-7-9-13(14)12(2)3/h7-10,12H,5-6,11H2,1-4H3,(H,17,19). The Hall–Kier alpha value is -1.84. The highest BCUT2D eigenvalue weighted by molar-refractivity contribution is 6.39. The summed E-state index contributed by atoms with van der Waals surface area (Å²) in [6.07, 6.45) is 1.90. The third-order valence-corrected chi connectivity index (χ3v) is 3.22. The molecule has 0 atom stereocenters. The van der Waals surface area contributed by atoms with Gasteiger partial charge in [0.05, 0.1) is 0 Å². The van der Waals surface area contributed by atoms with Crippen molar-refractivity contribution in [1.29, 1.82) is 0 Å². The zero-order valence-electron chi connectivity index (χ0n) is 12.8. The third kappa shape index (κ3) is 4.37. The third-order valence-electron chi connectivity index (χ3n) is 3.22. The van der Waals surface area contributed by atoms with Gasteiger partial charge in [0.15, 0.2) is 0 Å². The normalized spacial score (nSPS) is 10.4. The molecule has 0 saturated carbocycles. The Morgan fingerprint density at radius 2 is 1.90 bits per heavy atom. The van der Waals surface area contributed by atoms with Gasteiger partial charge in [0.25, 0.3) is 0 Å². The van der Waals surface area contributed by atoms with Crippen molar-refractivity contribution in [2.24, 2.45) is 0 Å². The zero-order chi connectivity index (χ0) is 15.1. The fraction of sp³-hybridized carbons (Fsp3) is 0.500. The van der Waals surface area contributed by atoms with E-state index in [2.05, 4.69) is 26.1 Å². The van der Waals surface area contributed by atoms with Crippen LogP contribution in [-0.2, 0) is 9.59 Å². The number of amides is 2. The summed E-state index contributed by atoms with van der Waals surface area (Å²) in [6.45, 7) is 6.77. The van der Waals surface area contributed by atoms with E-state index in [1.165, 1.54) is 4.90 Å². The minimum absolute atomic E-state index is 0.291. The van der Waals surface area contributed by atoms with Crippen LogP contribution in [0.25, 0.3) is 0 Å². The molecule has 2 amide bonds. The molecular formula is C16H24N2O2. The molecule has 0 aromatic heterocycles. The molecule has 0 radical (unpaired) electrons. The van der Waals surface area contributed by atoms with E-state index in [1.807, 2.05) is 24.3 Å². The number of carbonyl (C=O) groups is 2.